The van der Waals surface area contributed by atoms with E-state index in [4.69, 9.17) is 4.52 Å². The van der Waals surface area contributed by atoms with Gasteiger partial charge in [-0.15, -0.1) is 0 Å². The van der Waals surface area contributed by atoms with Crippen LogP contribution in [0.1, 0.15) is 61.8 Å². The van der Waals surface area contributed by atoms with Crippen LogP contribution in [-0.2, 0) is 4.52 Å². The molecule has 0 saturated carbocycles. The summed E-state index contributed by atoms with van der Waals surface area (Å²) in [7, 11) is 2.38. The van der Waals surface area contributed by atoms with Gasteiger partial charge in [0.2, 0.25) is 0 Å². The molecule has 118 valence electrons. The average molecular weight is 301 g/mol. The SMILES string of the molecule is CC(C)N(C(C)C)C(CC#N)(OP)N(C(C)C)C(C)C. The minimum Gasteiger partial charge on any atom is -0.329 e. The first-order valence-corrected chi connectivity index (χ1v) is 7.94. The normalized spacial score (nSPS) is 13.3. The molecule has 0 saturated heterocycles. The molecule has 1 atom stereocenters. The Bertz CT molecular complexity index is 288. The second-order valence-electron chi connectivity index (χ2n) is 6.39. The average Bonchev–Trinajstić information content (AvgIpc) is 2.26. The summed E-state index contributed by atoms with van der Waals surface area (Å²) in [5.41, 5.74) is 0. The quantitative estimate of drug-likeness (QED) is 0.507. The monoisotopic (exact) mass is 301 g/mol. The summed E-state index contributed by atoms with van der Waals surface area (Å²) >= 11 is 0. The van der Waals surface area contributed by atoms with Gasteiger partial charge in [0.1, 0.15) is 0 Å². The van der Waals surface area contributed by atoms with Gasteiger partial charge >= 0.3 is 0 Å². The molecule has 0 N–H and O–H groups in total. The lowest BCUT2D eigenvalue weighted by Crippen LogP contribution is -2.68. The first kappa shape index (κ1) is 19.8. The van der Waals surface area contributed by atoms with Crippen LogP contribution in [0, 0.1) is 11.3 Å². The van der Waals surface area contributed by atoms with Crippen molar-refractivity contribution in [3.05, 3.63) is 0 Å². The summed E-state index contributed by atoms with van der Waals surface area (Å²) in [6.45, 7) is 17.2. The molecule has 0 heterocycles. The van der Waals surface area contributed by atoms with E-state index in [2.05, 4.69) is 80.7 Å². The van der Waals surface area contributed by atoms with E-state index in [1.165, 1.54) is 0 Å². The van der Waals surface area contributed by atoms with E-state index in [9.17, 15) is 5.26 Å². The molecule has 20 heavy (non-hydrogen) atoms. The molecule has 0 aromatic heterocycles. The molecule has 0 aromatic carbocycles. The second kappa shape index (κ2) is 8.29. The third-order valence-corrected chi connectivity index (χ3v) is 3.91. The van der Waals surface area contributed by atoms with Gasteiger partial charge in [-0.3, -0.25) is 9.80 Å². The maximum absolute atomic E-state index is 9.37. The zero-order valence-electron chi connectivity index (χ0n) is 14.3. The molecule has 5 heteroatoms. The summed E-state index contributed by atoms with van der Waals surface area (Å²) in [4.78, 5) is 4.56. The molecule has 0 aliphatic rings. The van der Waals surface area contributed by atoms with Crippen molar-refractivity contribution in [1.82, 2.24) is 9.80 Å². The molecule has 1 unspecified atom stereocenters. The van der Waals surface area contributed by atoms with Crippen LogP contribution in [-0.4, -0.2) is 39.8 Å². The van der Waals surface area contributed by atoms with Gasteiger partial charge in [-0.25, -0.2) is 0 Å². The molecule has 0 spiro atoms. The van der Waals surface area contributed by atoms with Crippen LogP contribution >= 0.6 is 9.47 Å². The smallest absolute Gasteiger partial charge is 0.196 e. The number of hydrogen-bond acceptors (Lipinski definition) is 4. The van der Waals surface area contributed by atoms with E-state index < -0.39 is 5.85 Å². The van der Waals surface area contributed by atoms with E-state index in [1.54, 1.807) is 0 Å². The van der Waals surface area contributed by atoms with Gasteiger partial charge in [0.15, 0.2) is 5.85 Å². The lowest BCUT2D eigenvalue weighted by Gasteiger charge is -2.54. The molecular formula is C15H32N3OP. The molecule has 0 aliphatic carbocycles. The number of nitrogens with zero attached hydrogens (tertiary/aromatic N) is 3. The van der Waals surface area contributed by atoms with Gasteiger partial charge in [0.05, 0.1) is 12.5 Å². The Morgan fingerprint density at radius 2 is 1.20 bits per heavy atom. The third-order valence-electron chi connectivity index (χ3n) is 3.53. The number of hydrogen-bond donors (Lipinski definition) is 0. The van der Waals surface area contributed by atoms with Crippen LogP contribution < -0.4 is 0 Å². The maximum atomic E-state index is 9.37. The highest BCUT2D eigenvalue weighted by Gasteiger charge is 2.47. The van der Waals surface area contributed by atoms with Crippen LogP contribution in [0.5, 0.6) is 0 Å². The summed E-state index contributed by atoms with van der Waals surface area (Å²) in [6, 6.07) is 3.44. The fourth-order valence-corrected chi connectivity index (χ4v) is 3.72. The molecule has 0 aromatic rings. The summed E-state index contributed by atoms with van der Waals surface area (Å²) in [5, 5.41) is 9.37. The van der Waals surface area contributed by atoms with Crippen molar-refractivity contribution in [2.24, 2.45) is 0 Å². The van der Waals surface area contributed by atoms with Crippen LogP contribution in [0.15, 0.2) is 0 Å². The van der Waals surface area contributed by atoms with Crippen molar-refractivity contribution in [3.63, 3.8) is 0 Å². The Morgan fingerprint density at radius 3 is 1.35 bits per heavy atom. The minimum atomic E-state index is -0.718. The van der Waals surface area contributed by atoms with E-state index in [1.807, 2.05) is 0 Å². The van der Waals surface area contributed by atoms with Gasteiger partial charge in [-0.05, 0) is 55.4 Å². The fraction of sp³-hybridized carbons (Fsp3) is 0.933. The van der Waals surface area contributed by atoms with Gasteiger partial charge in [0.25, 0.3) is 0 Å². The Kier molecular flexibility index (Phi) is 8.21. The topological polar surface area (TPSA) is 39.5 Å². The van der Waals surface area contributed by atoms with Crippen molar-refractivity contribution in [2.75, 3.05) is 0 Å². The van der Waals surface area contributed by atoms with Gasteiger partial charge in [0, 0.05) is 33.6 Å². The van der Waals surface area contributed by atoms with Crippen LogP contribution in [0.4, 0.5) is 0 Å². The Labute approximate surface area is 127 Å². The van der Waals surface area contributed by atoms with Crippen LogP contribution in [0.25, 0.3) is 0 Å². The van der Waals surface area contributed by atoms with Crippen molar-refractivity contribution in [2.45, 2.75) is 91.8 Å². The molecular weight excluding hydrogens is 269 g/mol. The summed E-state index contributed by atoms with van der Waals surface area (Å²) in [5.74, 6) is -0.718. The Morgan fingerprint density at radius 1 is 0.900 bits per heavy atom. The molecule has 4 nitrogen and oxygen atoms in total. The molecule has 0 rings (SSSR count). The standard InChI is InChI=1S/C15H32N3OP/c1-11(2)17(12(3)4)15(19-20,9-10-16)18(13(5)6)14(7)8/h11-14H,9,20H2,1-8H3. The van der Waals surface area contributed by atoms with E-state index in [0.717, 1.165) is 0 Å². The molecule has 0 bridgehead atoms. The van der Waals surface area contributed by atoms with Gasteiger partial charge in [-0.2, -0.15) is 5.26 Å². The predicted octanol–water partition coefficient (Wildman–Crippen LogP) is 3.60. The Balaban J connectivity index is 5.98. The zero-order valence-corrected chi connectivity index (χ0v) is 15.5. The van der Waals surface area contributed by atoms with Gasteiger partial charge < -0.3 is 4.52 Å². The highest BCUT2D eigenvalue weighted by atomic mass is 31.0. The van der Waals surface area contributed by atoms with Crippen molar-refractivity contribution < 1.29 is 4.52 Å². The molecule has 0 amide bonds. The predicted molar refractivity (Wildman–Crippen MR) is 88.0 cm³/mol. The number of nitriles is 1. The van der Waals surface area contributed by atoms with Crippen LogP contribution in [0.3, 0.4) is 0 Å². The lowest BCUT2D eigenvalue weighted by molar-refractivity contribution is -0.228. The van der Waals surface area contributed by atoms with Gasteiger partial charge in [-0.1, -0.05) is 0 Å². The highest BCUT2D eigenvalue weighted by molar-refractivity contribution is 7.09. The molecule has 0 fully saturated rings. The second-order valence-corrected chi connectivity index (χ2v) is 6.62. The zero-order chi connectivity index (χ0) is 16.1. The van der Waals surface area contributed by atoms with Crippen molar-refractivity contribution in [1.29, 1.82) is 5.26 Å². The van der Waals surface area contributed by atoms with E-state index in [-0.39, 0.29) is 24.2 Å². The van der Waals surface area contributed by atoms with Crippen molar-refractivity contribution >= 4 is 9.47 Å². The highest BCUT2D eigenvalue weighted by Crippen LogP contribution is 2.35. The molecule has 0 radical (unpaired) electrons. The van der Waals surface area contributed by atoms with Crippen LogP contribution in [0.2, 0.25) is 0 Å². The Hall–Kier alpha value is -0.200. The third kappa shape index (κ3) is 4.15. The molecule has 0 aliphatic heterocycles. The maximum Gasteiger partial charge on any atom is 0.196 e. The minimum absolute atomic E-state index is 0.281. The lowest BCUT2D eigenvalue weighted by atomic mass is 10.1. The van der Waals surface area contributed by atoms with E-state index >= 15 is 0 Å². The summed E-state index contributed by atoms with van der Waals surface area (Å²) < 4.78 is 5.89. The van der Waals surface area contributed by atoms with Crippen molar-refractivity contribution in [3.8, 4) is 6.07 Å². The first-order valence-electron chi connectivity index (χ1n) is 7.47. The summed E-state index contributed by atoms with van der Waals surface area (Å²) in [6.07, 6.45) is 0.309. The largest absolute Gasteiger partial charge is 0.329 e. The number of rotatable bonds is 8. The van der Waals surface area contributed by atoms with E-state index in [0.29, 0.717) is 6.42 Å². The first-order chi connectivity index (χ1) is 9.15. The fourth-order valence-electron chi connectivity index (χ4n) is 3.39.